The van der Waals surface area contributed by atoms with Gasteiger partial charge in [-0.25, -0.2) is 9.67 Å². The number of nitrogens with one attached hydrogen (secondary N) is 1. The lowest BCUT2D eigenvalue weighted by atomic mass is 10.2. The Kier molecular flexibility index (Phi) is 6.63. The number of hydrogen-bond acceptors (Lipinski definition) is 6. The Balaban J connectivity index is 1.36. The molecule has 1 amide bonds. The van der Waals surface area contributed by atoms with Crippen LogP contribution in [0, 0.1) is 0 Å². The molecule has 1 N–H and O–H groups in total. The lowest BCUT2D eigenvalue weighted by Gasteiger charge is -2.08. The Morgan fingerprint density at radius 2 is 2.03 bits per heavy atom. The van der Waals surface area contributed by atoms with Gasteiger partial charge in [0.2, 0.25) is 5.91 Å². The minimum atomic E-state index is -0.172. The molecule has 1 aromatic carbocycles. The highest BCUT2D eigenvalue weighted by Gasteiger charge is 2.11. The summed E-state index contributed by atoms with van der Waals surface area (Å²) in [5.74, 6) is 0.242. The molecule has 0 atom stereocenters. The summed E-state index contributed by atoms with van der Waals surface area (Å²) in [4.78, 5) is 34.2. The number of carbonyl (C=O) groups is 1. The maximum Gasteiger partial charge on any atom is 0.264 e. The minimum absolute atomic E-state index is 0.0740. The average Bonchev–Trinajstić information content (AvgIpc) is 3.19. The molecule has 158 valence electrons. The Hall–Kier alpha value is -3.17. The van der Waals surface area contributed by atoms with Crippen LogP contribution >= 0.6 is 23.4 Å². The van der Waals surface area contributed by atoms with Gasteiger partial charge in [0.15, 0.2) is 5.65 Å². The molecule has 0 aliphatic heterocycles. The van der Waals surface area contributed by atoms with E-state index < -0.39 is 0 Å². The quantitative estimate of drug-likeness (QED) is 0.411. The fraction of sp³-hybridized carbons (Fsp3) is 0.190. The van der Waals surface area contributed by atoms with Gasteiger partial charge in [0.1, 0.15) is 11.7 Å². The van der Waals surface area contributed by atoms with Gasteiger partial charge in [-0.2, -0.15) is 5.10 Å². The standard InChI is InChI=1S/C21H19ClN6O2S/c22-16-3-1-2-15(10-16)12-27-14-25-20-18(21(27)30)11-26-28(20)9-8-24-19(29)13-31-17-4-6-23-7-5-17/h1-7,10-11,14H,8-9,12-13H2,(H,24,29). The third-order valence-corrected chi connectivity index (χ3v) is 5.78. The second-order valence-electron chi connectivity index (χ2n) is 6.73. The zero-order chi connectivity index (χ0) is 21.6. The van der Waals surface area contributed by atoms with Crippen molar-refractivity contribution in [3.05, 3.63) is 82.3 Å². The van der Waals surface area contributed by atoms with Crippen LogP contribution in [0.1, 0.15) is 5.56 Å². The van der Waals surface area contributed by atoms with E-state index in [1.807, 2.05) is 30.3 Å². The predicted molar refractivity (Wildman–Crippen MR) is 120 cm³/mol. The van der Waals surface area contributed by atoms with E-state index in [4.69, 9.17) is 11.6 Å². The van der Waals surface area contributed by atoms with Crippen LogP contribution < -0.4 is 10.9 Å². The molecule has 0 spiro atoms. The van der Waals surface area contributed by atoms with Gasteiger partial charge in [-0.3, -0.25) is 19.1 Å². The number of thioether (sulfide) groups is 1. The second-order valence-corrected chi connectivity index (χ2v) is 8.22. The molecule has 0 saturated heterocycles. The summed E-state index contributed by atoms with van der Waals surface area (Å²) >= 11 is 7.47. The molecule has 0 unspecified atom stereocenters. The van der Waals surface area contributed by atoms with E-state index in [1.165, 1.54) is 28.9 Å². The van der Waals surface area contributed by atoms with Gasteiger partial charge in [-0.05, 0) is 29.8 Å². The Morgan fingerprint density at radius 1 is 1.19 bits per heavy atom. The Morgan fingerprint density at radius 3 is 2.84 bits per heavy atom. The monoisotopic (exact) mass is 454 g/mol. The van der Waals surface area contributed by atoms with Crippen LogP contribution in [-0.4, -0.2) is 42.5 Å². The molecular formula is C21H19ClN6O2S. The lowest BCUT2D eigenvalue weighted by Crippen LogP contribution is -2.29. The fourth-order valence-corrected chi connectivity index (χ4v) is 3.97. The molecule has 4 rings (SSSR count). The second kappa shape index (κ2) is 9.76. The number of hydrogen-bond donors (Lipinski definition) is 1. The molecule has 0 radical (unpaired) electrons. The molecule has 8 nitrogen and oxygen atoms in total. The van der Waals surface area contributed by atoms with E-state index in [2.05, 4.69) is 20.4 Å². The van der Waals surface area contributed by atoms with Crippen LogP contribution in [0.2, 0.25) is 5.02 Å². The topological polar surface area (TPSA) is 94.7 Å². The van der Waals surface area contributed by atoms with Crippen molar-refractivity contribution in [2.75, 3.05) is 12.3 Å². The maximum absolute atomic E-state index is 12.8. The molecule has 0 saturated carbocycles. The van der Waals surface area contributed by atoms with Gasteiger partial charge in [0.25, 0.3) is 5.56 Å². The van der Waals surface area contributed by atoms with Crippen LogP contribution in [0.3, 0.4) is 0 Å². The summed E-state index contributed by atoms with van der Waals surface area (Å²) in [7, 11) is 0. The van der Waals surface area contributed by atoms with Crippen molar-refractivity contribution in [3.63, 3.8) is 0 Å². The first kappa shape index (κ1) is 21.1. The molecule has 0 aliphatic rings. The van der Waals surface area contributed by atoms with Crippen molar-refractivity contribution in [3.8, 4) is 0 Å². The SMILES string of the molecule is O=C(CSc1ccncc1)NCCn1ncc2c(=O)n(Cc3cccc(Cl)c3)cnc21. The van der Waals surface area contributed by atoms with Crippen LogP contribution in [0.25, 0.3) is 11.0 Å². The molecule has 3 heterocycles. The van der Waals surface area contributed by atoms with Crippen LogP contribution in [0.15, 0.2) is 71.0 Å². The molecule has 0 fully saturated rings. The predicted octanol–water partition coefficient (Wildman–Crippen LogP) is 2.60. The number of aromatic nitrogens is 5. The Bertz CT molecular complexity index is 1260. The van der Waals surface area contributed by atoms with E-state index in [9.17, 15) is 9.59 Å². The summed E-state index contributed by atoms with van der Waals surface area (Å²) in [6, 6.07) is 11.1. The first-order valence-corrected chi connectivity index (χ1v) is 10.9. The molecule has 0 bridgehead atoms. The van der Waals surface area contributed by atoms with E-state index >= 15 is 0 Å². The molecule has 3 aromatic heterocycles. The van der Waals surface area contributed by atoms with Crippen molar-refractivity contribution in [2.45, 2.75) is 18.0 Å². The van der Waals surface area contributed by atoms with Gasteiger partial charge in [0, 0.05) is 28.9 Å². The highest BCUT2D eigenvalue weighted by Crippen LogP contribution is 2.15. The largest absolute Gasteiger partial charge is 0.354 e. The number of amides is 1. The van der Waals surface area contributed by atoms with E-state index in [0.717, 1.165) is 10.5 Å². The smallest absolute Gasteiger partial charge is 0.264 e. The third kappa shape index (κ3) is 5.31. The summed E-state index contributed by atoms with van der Waals surface area (Å²) in [5.41, 5.74) is 1.23. The van der Waals surface area contributed by atoms with Gasteiger partial charge in [-0.1, -0.05) is 23.7 Å². The van der Waals surface area contributed by atoms with Crippen molar-refractivity contribution >= 4 is 40.3 Å². The zero-order valence-corrected chi connectivity index (χ0v) is 18.0. The highest BCUT2D eigenvalue weighted by molar-refractivity contribution is 8.00. The number of carbonyl (C=O) groups excluding carboxylic acids is 1. The lowest BCUT2D eigenvalue weighted by molar-refractivity contribution is -0.118. The number of rotatable bonds is 8. The summed E-state index contributed by atoms with van der Waals surface area (Å²) < 4.78 is 3.15. The summed E-state index contributed by atoms with van der Waals surface area (Å²) in [5, 5.41) is 8.18. The first-order valence-electron chi connectivity index (χ1n) is 9.55. The van der Waals surface area contributed by atoms with Crippen LogP contribution in [0.4, 0.5) is 0 Å². The number of nitrogens with zero attached hydrogens (tertiary/aromatic N) is 5. The van der Waals surface area contributed by atoms with Crippen molar-refractivity contribution in [1.82, 2.24) is 29.6 Å². The van der Waals surface area contributed by atoms with Gasteiger partial charge in [-0.15, -0.1) is 11.8 Å². The van der Waals surface area contributed by atoms with E-state index in [0.29, 0.717) is 41.4 Å². The van der Waals surface area contributed by atoms with Crippen LogP contribution in [0.5, 0.6) is 0 Å². The summed E-state index contributed by atoms with van der Waals surface area (Å²) in [6.07, 6.45) is 6.41. The number of halogens is 1. The molecule has 10 heteroatoms. The normalized spacial score (nSPS) is 11.0. The van der Waals surface area contributed by atoms with Crippen LogP contribution in [-0.2, 0) is 17.9 Å². The number of pyridine rings is 1. The first-order chi connectivity index (χ1) is 15.1. The van der Waals surface area contributed by atoms with Crippen molar-refractivity contribution in [2.24, 2.45) is 0 Å². The third-order valence-electron chi connectivity index (χ3n) is 4.53. The molecule has 0 aliphatic carbocycles. The molecular weight excluding hydrogens is 436 g/mol. The van der Waals surface area contributed by atoms with Gasteiger partial charge >= 0.3 is 0 Å². The molecule has 4 aromatic rings. The van der Waals surface area contributed by atoms with E-state index in [1.54, 1.807) is 23.1 Å². The van der Waals surface area contributed by atoms with Gasteiger partial charge in [0.05, 0.1) is 25.0 Å². The molecule has 31 heavy (non-hydrogen) atoms. The fourth-order valence-electron chi connectivity index (χ4n) is 3.04. The Labute approximate surface area is 187 Å². The average molecular weight is 455 g/mol. The summed E-state index contributed by atoms with van der Waals surface area (Å²) in [6.45, 7) is 1.18. The maximum atomic E-state index is 12.8. The highest BCUT2D eigenvalue weighted by atomic mass is 35.5. The van der Waals surface area contributed by atoms with Crippen molar-refractivity contribution in [1.29, 1.82) is 0 Å². The minimum Gasteiger partial charge on any atom is -0.354 e. The zero-order valence-electron chi connectivity index (χ0n) is 16.4. The number of benzene rings is 1. The van der Waals surface area contributed by atoms with E-state index in [-0.39, 0.29) is 11.5 Å². The van der Waals surface area contributed by atoms with Crippen molar-refractivity contribution < 1.29 is 4.79 Å². The van der Waals surface area contributed by atoms with Gasteiger partial charge < -0.3 is 5.32 Å². The number of fused-ring (bicyclic) bond motifs is 1.